The third-order valence-electron chi connectivity index (χ3n) is 5.26. The number of hydrogen-bond acceptors (Lipinski definition) is 8. The Bertz CT molecular complexity index is 1050. The van der Waals surface area contributed by atoms with Crippen molar-refractivity contribution in [3.8, 4) is 17.1 Å². The molecule has 1 fully saturated rings. The Morgan fingerprint density at radius 3 is 2.61 bits per heavy atom. The molecule has 9 heteroatoms. The first kappa shape index (κ1) is 20.5. The van der Waals surface area contributed by atoms with Crippen LogP contribution in [0.3, 0.4) is 0 Å². The fourth-order valence-corrected chi connectivity index (χ4v) is 3.68. The van der Waals surface area contributed by atoms with Gasteiger partial charge in [-0.3, -0.25) is 15.1 Å². The van der Waals surface area contributed by atoms with Crippen LogP contribution in [0.4, 0.5) is 23.1 Å². The van der Waals surface area contributed by atoms with E-state index in [1.54, 1.807) is 24.4 Å². The Morgan fingerprint density at radius 1 is 1.06 bits per heavy atom. The molecule has 1 aliphatic rings. The van der Waals surface area contributed by atoms with Crippen molar-refractivity contribution in [3.63, 3.8) is 0 Å². The maximum absolute atomic E-state index is 11.6. The lowest BCUT2D eigenvalue weighted by Crippen LogP contribution is -2.23. The highest BCUT2D eigenvalue weighted by Crippen LogP contribution is 2.32. The molecule has 2 heterocycles. The summed E-state index contributed by atoms with van der Waals surface area (Å²) >= 11 is 0. The molecule has 0 saturated heterocycles. The van der Waals surface area contributed by atoms with Crippen molar-refractivity contribution in [3.05, 3.63) is 58.8 Å². The molecule has 0 bridgehead atoms. The number of methoxy groups -OCH3 is 1. The van der Waals surface area contributed by atoms with Crippen LogP contribution in [0, 0.1) is 10.1 Å². The average molecular weight is 420 g/mol. The van der Waals surface area contributed by atoms with Crippen LogP contribution in [0.5, 0.6) is 5.75 Å². The standard InChI is InChI=1S/C22H24N6O3/c1-31-16-10-11-18(20(13-16)28(29)30)25-21-14-19(17-9-5-6-12-23-17)26-22(27-21)24-15-7-3-2-4-8-15/h5-6,9-15H,2-4,7-8H2,1H3,(H2,24,25,26,27). The van der Waals surface area contributed by atoms with Gasteiger partial charge < -0.3 is 15.4 Å². The van der Waals surface area contributed by atoms with E-state index in [1.807, 2.05) is 18.2 Å². The van der Waals surface area contributed by atoms with E-state index in [-0.39, 0.29) is 5.69 Å². The summed E-state index contributed by atoms with van der Waals surface area (Å²) in [6.45, 7) is 0. The van der Waals surface area contributed by atoms with Crippen LogP contribution in [-0.4, -0.2) is 33.0 Å². The molecule has 1 aliphatic carbocycles. The number of pyridine rings is 1. The number of nitrogens with zero attached hydrogens (tertiary/aromatic N) is 4. The van der Waals surface area contributed by atoms with Gasteiger partial charge >= 0.3 is 0 Å². The first-order chi connectivity index (χ1) is 15.1. The number of nitrogens with one attached hydrogen (secondary N) is 2. The largest absolute Gasteiger partial charge is 0.496 e. The maximum atomic E-state index is 11.6. The van der Waals surface area contributed by atoms with Gasteiger partial charge in [-0.1, -0.05) is 25.3 Å². The third kappa shape index (κ3) is 5.06. The summed E-state index contributed by atoms with van der Waals surface area (Å²) in [4.78, 5) is 24.7. The van der Waals surface area contributed by atoms with Crippen molar-refractivity contribution in [1.82, 2.24) is 15.0 Å². The molecule has 9 nitrogen and oxygen atoms in total. The van der Waals surface area contributed by atoms with Crippen LogP contribution in [0.1, 0.15) is 32.1 Å². The number of benzene rings is 1. The minimum atomic E-state index is -0.451. The molecule has 0 spiro atoms. The van der Waals surface area contributed by atoms with Gasteiger partial charge in [-0.15, -0.1) is 0 Å². The molecule has 0 amide bonds. The molecule has 0 radical (unpaired) electrons. The molecule has 160 valence electrons. The number of ether oxygens (including phenoxy) is 1. The highest BCUT2D eigenvalue weighted by Gasteiger charge is 2.19. The zero-order chi connectivity index (χ0) is 21.6. The number of nitro benzene ring substituents is 1. The number of hydrogen-bond donors (Lipinski definition) is 2. The molecule has 1 saturated carbocycles. The second-order valence-electron chi connectivity index (χ2n) is 7.42. The van der Waals surface area contributed by atoms with Crippen LogP contribution in [0.2, 0.25) is 0 Å². The molecule has 3 aromatic rings. The first-order valence-corrected chi connectivity index (χ1v) is 10.3. The summed E-state index contributed by atoms with van der Waals surface area (Å²) in [6.07, 6.45) is 7.46. The predicted octanol–water partition coefficient (Wildman–Crippen LogP) is 4.94. The Balaban J connectivity index is 1.69. The molecular formula is C22H24N6O3. The third-order valence-corrected chi connectivity index (χ3v) is 5.26. The summed E-state index contributed by atoms with van der Waals surface area (Å²) < 4.78 is 5.11. The van der Waals surface area contributed by atoms with Gasteiger partial charge in [0.2, 0.25) is 5.95 Å². The Morgan fingerprint density at radius 2 is 1.90 bits per heavy atom. The van der Waals surface area contributed by atoms with E-state index in [0.717, 1.165) is 12.8 Å². The maximum Gasteiger partial charge on any atom is 0.296 e. The minimum absolute atomic E-state index is 0.0980. The first-order valence-electron chi connectivity index (χ1n) is 10.3. The Labute approximate surface area is 180 Å². The summed E-state index contributed by atoms with van der Waals surface area (Å²) in [5, 5.41) is 18.1. The van der Waals surface area contributed by atoms with Crippen LogP contribution >= 0.6 is 0 Å². The van der Waals surface area contributed by atoms with Crippen LogP contribution in [0.15, 0.2) is 48.7 Å². The van der Waals surface area contributed by atoms with E-state index in [2.05, 4.69) is 25.6 Å². The second kappa shape index (κ2) is 9.38. The van der Waals surface area contributed by atoms with Crippen LogP contribution in [0.25, 0.3) is 11.4 Å². The fraction of sp³-hybridized carbons (Fsp3) is 0.318. The van der Waals surface area contributed by atoms with Gasteiger partial charge in [0.15, 0.2) is 0 Å². The minimum Gasteiger partial charge on any atom is -0.496 e. The lowest BCUT2D eigenvalue weighted by Gasteiger charge is -2.23. The topological polar surface area (TPSA) is 115 Å². The molecule has 0 aliphatic heterocycles. The summed E-state index contributed by atoms with van der Waals surface area (Å²) in [6, 6.07) is 12.3. The van der Waals surface area contributed by atoms with Crippen molar-refractivity contribution in [2.45, 2.75) is 38.1 Å². The van der Waals surface area contributed by atoms with Crippen LogP contribution in [-0.2, 0) is 0 Å². The average Bonchev–Trinajstić information content (AvgIpc) is 2.80. The summed E-state index contributed by atoms with van der Waals surface area (Å²) in [5.41, 5.74) is 1.55. The van der Waals surface area contributed by atoms with Gasteiger partial charge in [0.25, 0.3) is 5.69 Å². The van der Waals surface area contributed by atoms with Gasteiger partial charge in [-0.2, -0.15) is 4.98 Å². The van der Waals surface area contributed by atoms with E-state index in [9.17, 15) is 10.1 Å². The zero-order valence-electron chi connectivity index (χ0n) is 17.2. The number of aromatic nitrogens is 3. The van der Waals surface area contributed by atoms with Crippen LogP contribution < -0.4 is 15.4 Å². The number of anilines is 3. The van der Waals surface area contributed by atoms with E-state index in [1.165, 1.54) is 32.4 Å². The number of rotatable bonds is 7. The predicted molar refractivity (Wildman–Crippen MR) is 119 cm³/mol. The number of nitro groups is 1. The zero-order valence-corrected chi connectivity index (χ0v) is 17.2. The van der Waals surface area contributed by atoms with Crippen molar-refractivity contribution < 1.29 is 9.66 Å². The second-order valence-corrected chi connectivity index (χ2v) is 7.42. The van der Waals surface area contributed by atoms with Gasteiger partial charge in [-0.25, -0.2) is 4.98 Å². The van der Waals surface area contributed by atoms with Crippen molar-refractivity contribution >= 4 is 23.1 Å². The molecule has 31 heavy (non-hydrogen) atoms. The molecule has 2 aromatic heterocycles. The van der Waals surface area contributed by atoms with Gasteiger partial charge in [0, 0.05) is 18.3 Å². The van der Waals surface area contributed by atoms with Crippen molar-refractivity contribution in [1.29, 1.82) is 0 Å². The van der Waals surface area contributed by atoms with Gasteiger partial charge in [-0.05, 0) is 37.1 Å². The monoisotopic (exact) mass is 420 g/mol. The summed E-state index contributed by atoms with van der Waals surface area (Å²) in [7, 11) is 1.47. The SMILES string of the molecule is COc1ccc(Nc2cc(-c3ccccn3)nc(NC3CCCCC3)n2)c([N+](=O)[O-])c1. The quantitative estimate of drug-likeness (QED) is 0.408. The lowest BCUT2D eigenvalue weighted by atomic mass is 9.96. The smallest absolute Gasteiger partial charge is 0.296 e. The molecule has 2 N–H and O–H groups in total. The van der Waals surface area contributed by atoms with Gasteiger partial charge in [0.05, 0.1) is 29.5 Å². The Hall–Kier alpha value is -3.75. The van der Waals surface area contributed by atoms with Gasteiger partial charge in [0.1, 0.15) is 17.3 Å². The van der Waals surface area contributed by atoms with Crippen molar-refractivity contribution in [2.24, 2.45) is 0 Å². The highest BCUT2D eigenvalue weighted by molar-refractivity contribution is 5.72. The molecule has 4 rings (SSSR count). The van der Waals surface area contributed by atoms with Crippen molar-refractivity contribution in [2.75, 3.05) is 17.7 Å². The molecule has 1 aromatic carbocycles. The molecule has 0 unspecified atom stereocenters. The fourth-order valence-electron chi connectivity index (χ4n) is 3.68. The highest BCUT2D eigenvalue weighted by atomic mass is 16.6. The normalized spacial score (nSPS) is 14.1. The molecular weight excluding hydrogens is 396 g/mol. The summed E-state index contributed by atoms with van der Waals surface area (Å²) in [5.74, 6) is 1.34. The Kier molecular flexibility index (Phi) is 6.21. The van der Waals surface area contributed by atoms with E-state index < -0.39 is 4.92 Å². The van der Waals surface area contributed by atoms with E-state index in [0.29, 0.717) is 40.6 Å². The van der Waals surface area contributed by atoms with E-state index in [4.69, 9.17) is 4.74 Å². The molecule has 0 atom stereocenters. The van der Waals surface area contributed by atoms with E-state index >= 15 is 0 Å². The lowest BCUT2D eigenvalue weighted by molar-refractivity contribution is -0.384.